The molecule has 138 valence electrons. The molecule has 27 heavy (non-hydrogen) atoms. The molecule has 0 bridgehead atoms. The Balaban J connectivity index is 1.69. The van der Waals surface area contributed by atoms with Crippen molar-refractivity contribution in [1.82, 2.24) is 14.5 Å². The second-order valence-electron chi connectivity index (χ2n) is 6.92. The second-order valence-corrected chi connectivity index (χ2v) is 6.92. The first kappa shape index (κ1) is 17.4. The Kier molecular flexibility index (Phi) is 4.50. The van der Waals surface area contributed by atoms with E-state index in [2.05, 4.69) is 11.1 Å². The first-order valence-electron chi connectivity index (χ1n) is 9.07. The lowest BCUT2D eigenvalue weighted by Gasteiger charge is -2.35. The lowest BCUT2D eigenvalue weighted by molar-refractivity contribution is -0.148. The number of allylic oxidation sites excluding steroid dienone is 1. The zero-order chi connectivity index (χ0) is 19.0. The molecule has 2 aliphatic heterocycles. The molecule has 1 saturated heterocycles. The fraction of sp³-hybridized carbons (Fsp3) is 0.400. The van der Waals surface area contributed by atoms with Crippen molar-refractivity contribution in [2.45, 2.75) is 31.2 Å². The monoisotopic (exact) mass is 364 g/mol. The van der Waals surface area contributed by atoms with Crippen LogP contribution in [0, 0.1) is 11.3 Å². The van der Waals surface area contributed by atoms with Crippen molar-refractivity contribution in [2.24, 2.45) is 0 Å². The van der Waals surface area contributed by atoms with Gasteiger partial charge in [0.05, 0.1) is 24.2 Å². The van der Waals surface area contributed by atoms with E-state index >= 15 is 0 Å². The summed E-state index contributed by atoms with van der Waals surface area (Å²) in [5.74, 6) is -0.631. The third-order valence-corrected chi connectivity index (χ3v) is 5.35. The topological polar surface area (TPSA) is 88.2 Å². The largest absolute Gasteiger partial charge is 0.468 e. The summed E-state index contributed by atoms with van der Waals surface area (Å²) in [6.45, 7) is 1.12. The molecule has 0 aliphatic carbocycles. The fourth-order valence-electron chi connectivity index (χ4n) is 4.04. The number of aromatic nitrogens is 2. The summed E-state index contributed by atoms with van der Waals surface area (Å²) in [5, 5.41) is 9.80. The first-order valence-corrected chi connectivity index (χ1v) is 9.07. The van der Waals surface area contributed by atoms with Crippen molar-refractivity contribution in [1.29, 1.82) is 5.26 Å². The Morgan fingerprint density at radius 3 is 2.96 bits per heavy atom. The minimum absolute atomic E-state index is 0.202. The van der Waals surface area contributed by atoms with Gasteiger partial charge in [0.1, 0.15) is 17.8 Å². The number of imidazole rings is 1. The van der Waals surface area contributed by atoms with Crippen LogP contribution in [0.4, 0.5) is 0 Å². The van der Waals surface area contributed by atoms with Gasteiger partial charge in [-0.1, -0.05) is 18.6 Å². The van der Waals surface area contributed by atoms with Crippen LogP contribution in [0.2, 0.25) is 0 Å². The van der Waals surface area contributed by atoms with Crippen LogP contribution in [-0.4, -0.2) is 52.6 Å². The highest BCUT2D eigenvalue weighted by atomic mass is 16.5. The number of piperidine rings is 1. The molecule has 1 aromatic carbocycles. The van der Waals surface area contributed by atoms with Gasteiger partial charge in [-0.05, 0) is 37.1 Å². The molecule has 7 nitrogen and oxygen atoms in total. The zero-order valence-corrected chi connectivity index (χ0v) is 15.1. The number of methoxy groups -OCH3 is 1. The predicted octanol–water partition coefficient (Wildman–Crippen LogP) is 2.25. The molecule has 0 radical (unpaired) electrons. The maximum Gasteiger partial charge on any atom is 0.323 e. The SMILES string of the molecule is COC(=O)C1CCCCN1CC1=CC(=O)n2c(nc3ccccc32)C1C#N. The zero-order valence-electron chi connectivity index (χ0n) is 15.1. The third-order valence-electron chi connectivity index (χ3n) is 5.35. The molecular formula is C20H20N4O3. The number of nitrogens with zero attached hydrogens (tertiary/aromatic N) is 4. The number of rotatable bonds is 3. The maximum absolute atomic E-state index is 12.8. The van der Waals surface area contributed by atoms with Gasteiger partial charge in [0.15, 0.2) is 0 Å². The number of benzene rings is 1. The van der Waals surface area contributed by atoms with Crippen LogP contribution in [0.5, 0.6) is 0 Å². The fourth-order valence-corrected chi connectivity index (χ4v) is 4.04. The summed E-state index contributed by atoms with van der Waals surface area (Å²) in [7, 11) is 1.39. The van der Waals surface area contributed by atoms with E-state index in [0.717, 1.165) is 25.8 Å². The lowest BCUT2D eigenvalue weighted by atomic mass is 9.93. The van der Waals surface area contributed by atoms with Gasteiger partial charge in [0.25, 0.3) is 5.91 Å². The average molecular weight is 364 g/mol. The minimum atomic E-state index is -0.615. The van der Waals surface area contributed by atoms with Crippen molar-refractivity contribution in [3.63, 3.8) is 0 Å². The number of para-hydroxylation sites is 2. The molecule has 2 unspecified atom stereocenters. The molecule has 1 fully saturated rings. The Morgan fingerprint density at radius 2 is 2.19 bits per heavy atom. The van der Waals surface area contributed by atoms with Crippen LogP contribution < -0.4 is 0 Å². The average Bonchev–Trinajstić information content (AvgIpc) is 3.08. The number of carbonyl (C=O) groups is 2. The molecule has 2 aliphatic rings. The van der Waals surface area contributed by atoms with Crippen LogP contribution in [0.15, 0.2) is 35.9 Å². The number of nitriles is 1. The smallest absolute Gasteiger partial charge is 0.323 e. The summed E-state index contributed by atoms with van der Waals surface area (Å²) in [6, 6.07) is 9.33. The molecule has 2 atom stereocenters. The van der Waals surface area contributed by atoms with Crippen molar-refractivity contribution in [3.05, 3.63) is 41.7 Å². The molecule has 3 heterocycles. The van der Waals surface area contributed by atoms with Gasteiger partial charge in [-0.25, -0.2) is 4.98 Å². The van der Waals surface area contributed by atoms with E-state index in [1.165, 1.54) is 17.8 Å². The number of carbonyl (C=O) groups excluding carboxylic acids is 2. The molecule has 2 aromatic rings. The quantitative estimate of drug-likeness (QED) is 0.776. The molecule has 0 N–H and O–H groups in total. The number of hydrogen-bond donors (Lipinski definition) is 0. The van der Waals surface area contributed by atoms with Crippen LogP contribution >= 0.6 is 0 Å². The summed E-state index contributed by atoms with van der Waals surface area (Å²) in [5.41, 5.74) is 2.08. The second kappa shape index (κ2) is 6.97. The summed E-state index contributed by atoms with van der Waals surface area (Å²) in [6.07, 6.45) is 4.19. The highest BCUT2D eigenvalue weighted by Crippen LogP contribution is 2.32. The molecular weight excluding hydrogens is 344 g/mol. The molecule has 1 aromatic heterocycles. The van der Waals surface area contributed by atoms with Crippen LogP contribution in [0.1, 0.15) is 35.8 Å². The Bertz CT molecular complexity index is 985. The highest BCUT2D eigenvalue weighted by Gasteiger charge is 2.35. The number of hydrogen-bond acceptors (Lipinski definition) is 6. The number of fused-ring (bicyclic) bond motifs is 3. The Morgan fingerprint density at radius 1 is 1.37 bits per heavy atom. The molecule has 0 spiro atoms. The Hall–Kier alpha value is -2.98. The molecule has 0 amide bonds. The highest BCUT2D eigenvalue weighted by molar-refractivity contribution is 5.99. The van der Waals surface area contributed by atoms with Crippen LogP contribution in [0.3, 0.4) is 0 Å². The van der Waals surface area contributed by atoms with Gasteiger partial charge in [-0.2, -0.15) is 5.26 Å². The van der Waals surface area contributed by atoms with Gasteiger partial charge < -0.3 is 4.74 Å². The lowest BCUT2D eigenvalue weighted by Crippen LogP contribution is -2.46. The van der Waals surface area contributed by atoms with Crippen LogP contribution in [-0.2, 0) is 9.53 Å². The van der Waals surface area contributed by atoms with Crippen molar-refractivity contribution in [3.8, 4) is 6.07 Å². The third kappa shape index (κ3) is 2.92. The number of esters is 1. The minimum Gasteiger partial charge on any atom is -0.468 e. The van der Waals surface area contributed by atoms with Crippen molar-refractivity contribution >= 4 is 22.9 Å². The van der Waals surface area contributed by atoms with Gasteiger partial charge in [0.2, 0.25) is 0 Å². The molecule has 4 rings (SSSR count). The van der Waals surface area contributed by atoms with Gasteiger partial charge in [0, 0.05) is 12.6 Å². The van der Waals surface area contributed by atoms with E-state index in [0.29, 0.717) is 29.0 Å². The summed E-state index contributed by atoms with van der Waals surface area (Å²) >= 11 is 0. The van der Waals surface area contributed by atoms with Crippen LogP contribution in [0.25, 0.3) is 11.0 Å². The van der Waals surface area contributed by atoms with E-state index in [9.17, 15) is 14.9 Å². The normalized spacial score (nSPS) is 22.8. The van der Waals surface area contributed by atoms with Gasteiger partial charge in [-0.3, -0.25) is 19.1 Å². The predicted molar refractivity (Wildman–Crippen MR) is 98.0 cm³/mol. The number of likely N-dealkylation sites (tertiary alicyclic amines) is 1. The van der Waals surface area contributed by atoms with E-state index in [1.54, 1.807) is 0 Å². The summed E-state index contributed by atoms with van der Waals surface area (Å²) in [4.78, 5) is 31.4. The van der Waals surface area contributed by atoms with E-state index in [1.807, 2.05) is 29.2 Å². The maximum atomic E-state index is 12.8. The van der Waals surface area contributed by atoms with E-state index < -0.39 is 5.92 Å². The van der Waals surface area contributed by atoms with E-state index in [-0.39, 0.29) is 17.9 Å². The number of ether oxygens (including phenoxy) is 1. The van der Waals surface area contributed by atoms with Gasteiger partial charge in [-0.15, -0.1) is 0 Å². The van der Waals surface area contributed by atoms with E-state index in [4.69, 9.17) is 4.74 Å². The van der Waals surface area contributed by atoms with Gasteiger partial charge >= 0.3 is 5.97 Å². The van der Waals surface area contributed by atoms with Crippen molar-refractivity contribution < 1.29 is 14.3 Å². The Labute approximate surface area is 156 Å². The standard InChI is InChI=1S/C20H20N4O3/c1-27-20(26)17-8-4-5-9-23(17)12-13-10-18(25)24-16-7-3-2-6-15(16)22-19(24)14(13)11-21/h2-3,6-7,10,14,17H,4-5,8-9,12H2,1H3. The molecule has 7 heteroatoms. The molecule has 0 saturated carbocycles. The summed E-state index contributed by atoms with van der Waals surface area (Å²) < 4.78 is 6.45. The van der Waals surface area contributed by atoms with Crippen molar-refractivity contribution in [2.75, 3.05) is 20.2 Å². The first-order chi connectivity index (χ1) is 13.1.